The summed E-state index contributed by atoms with van der Waals surface area (Å²) in [6.07, 6.45) is 4.54. The van der Waals surface area contributed by atoms with E-state index in [-0.39, 0.29) is 5.25 Å². The number of imidazole rings is 1. The van der Waals surface area contributed by atoms with E-state index in [1.807, 2.05) is 24.6 Å². The second-order valence-corrected chi connectivity index (χ2v) is 5.67. The van der Waals surface area contributed by atoms with Gasteiger partial charge in [0, 0.05) is 40.7 Å². The Morgan fingerprint density at radius 2 is 2.36 bits per heavy atom. The highest BCUT2D eigenvalue weighted by molar-refractivity contribution is 7.84. The molecule has 0 aliphatic heterocycles. The molecule has 14 heavy (non-hydrogen) atoms. The molecule has 0 bridgehead atoms. The smallest absolute Gasteiger partial charge is 0.177 e. The van der Waals surface area contributed by atoms with E-state index in [0.29, 0.717) is 0 Å². The van der Waals surface area contributed by atoms with E-state index < -0.39 is 10.8 Å². The first kappa shape index (κ1) is 11.7. The van der Waals surface area contributed by atoms with Gasteiger partial charge in [-0.3, -0.25) is 4.21 Å². The Morgan fingerprint density at radius 3 is 2.79 bits per heavy atom. The molecular weight excluding hydrogens is 216 g/mol. The average molecular weight is 232 g/mol. The lowest BCUT2D eigenvalue weighted by molar-refractivity contribution is 0.605. The maximum atomic E-state index is 11.1. The lowest BCUT2D eigenvalue weighted by Crippen LogP contribution is -2.13. The predicted molar refractivity (Wildman–Crippen MR) is 62.5 cm³/mol. The second kappa shape index (κ2) is 4.89. The van der Waals surface area contributed by atoms with Crippen molar-refractivity contribution in [1.29, 1.82) is 0 Å². The monoisotopic (exact) mass is 232 g/mol. The van der Waals surface area contributed by atoms with Crippen molar-refractivity contribution in [2.75, 3.05) is 6.26 Å². The number of H-pyrrole nitrogens is 1. The van der Waals surface area contributed by atoms with E-state index in [4.69, 9.17) is 12.2 Å². The number of nitrogens with zero attached hydrogens (tertiary/aromatic N) is 1. The topological polar surface area (TPSA) is 37.8 Å². The maximum absolute atomic E-state index is 11.1. The summed E-state index contributed by atoms with van der Waals surface area (Å²) < 4.78 is 13.9. The van der Waals surface area contributed by atoms with Crippen molar-refractivity contribution in [3.05, 3.63) is 16.7 Å². The fraction of sp³-hybridized carbons (Fsp3) is 0.667. The van der Waals surface area contributed by atoms with Gasteiger partial charge in [0.15, 0.2) is 4.77 Å². The highest BCUT2D eigenvalue weighted by Crippen LogP contribution is 2.06. The second-order valence-electron chi connectivity index (χ2n) is 3.48. The van der Waals surface area contributed by atoms with Gasteiger partial charge in [-0.15, -0.1) is 0 Å². The summed E-state index contributed by atoms with van der Waals surface area (Å²) in [4.78, 5) is 2.99. The van der Waals surface area contributed by atoms with E-state index in [2.05, 4.69) is 4.98 Å². The molecule has 0 aliphatic rings. The van der Waals surface area contributed by atoms with Crippen LogP contribution in [0.25, 0.3) is 0 Å². The SMILES string of the molecule is Cc1c[nH]c(=S)n1CCC(C)S(C)=O. The van der Waals surface area contributed by atoms with Gasteiger partial charge in [-0.2, -0.15) is 0 Å². The maximum Gasteiger partial charge on any atom is 0.177 e. The molecule has 0 aromatic carbocycles. The molecule has 3 nitrogen and oxygen atoms in total. The summed E-state index contributed by atoms with van der Waals surface area (Å²) in [5.41, 5.74) is 1.13. The highest BCUT2D eigenvalue weighted by Gasteiger charge is 2.07. The summed E-state index contributed by atoms with van der Waals surface area (Å²) in [6.45, 7) is 4.86. The molecule has 0 amide bonds. The number of aromatic amines is 1. The van der Waals surface area contributed by atoms with E-state index >= 15 is 0 Å². The van der Waals surface area contributed by atoms with E-state index in [1.165, 1.54) is 0 Å². The molecule has 0 aliphatic carbocycles. The van der Waals surface area contributed by atoms with Crippen molar-refractivity contribution in [2.45, 2.75) is 32.1 Å². The normalized spacial score (nSPS) is 15.4. The molecule has 2 unspecified atom stereocenters. The predicted octanol–water partition coefficient (Wildman–Crippen LogP) is 2.01. The lowest BCUT2D eigenvalue weighted by atomic mass is 10.3. The lowest BCUT2D eigenvalue weighted by Gasteiger charge is -2.09. The summed E-state index contributed by atoms with van der Waals surface area (Å²) in [7, 11) is -0.743. The molecule has 2 atom stereocenters. The van der Waals surface area contributed by atoms with Crippen LogP contribution in [-0.4, -0.2) is 25.3 Å². The van der Waals surface area contributed by atoms with Crippen LogP contribution in [0.2, 0.25) is 0 Å². The molecule has 5 heteroatoms. The van der Waals surface area contributed by atoms with Crippen LogP contribution in [0, 0.1) is 11.7 Å². The zero-order valence-electron chi connectivity index (χ0n) is 8.74. The van der Waals surface area contributed by atoms with Gasteiger partial charge in [-0.1, -0.05) is 6.92 Å². The van der Waals surface area contributed by atoms with Crippen molar-refractivity contribution in [3.63, 3.8) is 0 Å². The molecule has 0 saturated heterocycles. The van der Waals surface area contributed by atoms with Crippen molar-refractivity contribution < 1.29 is 4.21 Å². The first-order valence-corrected chi connectivity index (χ1v) is 6.62. The molecule has 1 aromatic heterocycles. The van der Waals surface area contributed by atoms with Crippen LogP contribution in [0.15, 0.2) is 6.20 Å². The quantitative estimate of drug-likeness (QED) is 0.806. The van der Waals surface area contributed by atoms with Crippen molar-refractivity contribution in [1.82, 2.24) is 9.55 Å². The van der Waals surface area contributed by atoms with Crippen LogP contribution in [-0.2, 0) is 17.3 Å². The van der Waals surface area contributed by atoms with Crippen LogP contribution in [0.3, 0.4) is 0 Å². The fourth-order valence-corrected chi connectivity index (χ4v) is 1.97. The molecule has 80 valence electrons. The standard InChI is InChI=1S/C9H16N2OS2/c1-7-6-10-9(13)11(7)5-4-8(2)14(3)12/h6,8H,4-5H2,1-3H3,(H,10,13). The largest absolute Gasteiger partial charge is 0.337 e. The number of aryl methyl sites for hydroxylation is 1. The Bertz CT molecular complexity index is 380. The molecule has 0 spiro atoms. The Balaban J connectivity index is 2.62. The fourth-order valence-electron chi connectivity index (χ4n) is 1.24. The van der Waals surface area contributed by atoms with Gasteiger partial charge in [0.2, 0.25) is 0 Å². The van der Waals surface area contributed by atoms with Gasteiger partial charge in [0.25, 0.3) is 0 Å². The van der Waals surface area contributed by atoms with E-state index in [0.717, 1.165) is 23.4 Å². The molecule has 1 rings (SSSR count). The summed E-state index contributed by atoms with van der Waals surface area (Å²) >= 11 is 5.12. The van der Waals surface area contributed by atoms with Crippen molar-refractivity contribution >= 4 is 23.0 Å². The molecule has 0 radical (unpaired) electrons. The van der Waals surface area contributed by atoms with Crippen LogP contribution in [0.1, 0.15) is 19.0 Å². The Hall–Kier alpha value is -0.420. The minimum absolute atomic E-state index is 0.228. The zero-order chi connectivity index (χ0) is 10.7. The first-order chi connectivity index (χ1) is 6.52. The van der Waals surface area contributed by atoms with Crippen LogP contribution in [0.5, 0.6) is 0 Å². The average Bonchev–Trinajstić information content (AvgIpc) is 2.43. The highest BCUT2D eigenvalue weighted by atomic mass is 32.2. The molecule has 1 heterocycles. The third kappa shape index (κ3) is 2.78. The van der Waals surface area contributed by atoms with Gasteiger partial charge in [0.05, 0.1) is 0 Å². The van der Waals surface area contributed by atoms with Crippen molar-refractivity contribution in [3.8, 4) is 0 Å². The van der Waals surface area contributed by atoms with Crippen LogP contribution >= 0.6 is 12.2 Å². The third-order valence-corrected chi connectivity index (χ3v) is 4.11. The summed E-state index contributed by atoms with van der Waals surface area (Å²) in [5, 5.41) is 0.228. The minimum atomic E-state index is -0.743. The Labute approximate surface area is 92.0 Å². The van der Waals surface area contributed by atoms with Crippen LogP contribution in [0.4, 0.5) is 0 Å². The molecule has 0 fully saturated rings. The van der Waals surface area contributed by atoms with Gasteiger partial charge in [-0.25, -0.2) is 0 Å². The Kier molecular flexibility index (Phi) is 4.07. The Morgan fingerprint density at radius 1 is 1.71 bits per heavy atom. The van der Waals surface area contributed by atoms with Crippen molar-refractivity contribution in [2.24, 2.45) is 0 Å². The van der Waals surface area contributed by atoms with Gasteiger partial charge < -0.3 is 9.55 Å². The number of hydrogen-bond donors (Lipinski definition) is 1. The van der Waals surface area contributed by atoms with E-state index in [1.54, 1.807) is 6.26 Å². The number of aromatic nitrogens is 2. The summed E-state index contributed by atoms with van der Waals surface area (Å²) in [5.74, 6) is 0. The molecule has 1 N–H and O–H groups in total. The molecule has 0 saturated carbocycles. The third-order valence-electron chi connectivity index (χ3n) is 2.40. The van der Waals surface area contributed by atoms with Gasteiger partial charge in [-0.05, 0) is 25.6 Å². The van der Waals surface area contributed by atoms with Gasteiger partial charge in [0.1, 0.15) is 0 Å². The number of rotatable bonds is 4. The molecular formula is C9H16N2OS2. The number of nitrogens with one attached hydrogen (secondary N) is 1. The molecule has 1 aromatic rings. The number of hydrogen-bond acceptors (Lipinski definition) is 2. The van der Waals surface area contributed by atoms with Gasteiger partial charge >= 0.3 is 0 Å². The van der Waals surface area contributed by atoms with E-state index in [9.17, 15) is 4.21 Å². The first-order valence-electron chi connectivity index (χ1n) is 4.59. The minimum Gasteiger partial charge on any atom is -0.337 e. The van der Waals surface area contributed by atoms with Crippen LogP contribution < -0.4 is 0 Å². The zero-order valence-corrected chi connectivity index (χ0v) is 10.4. The summed E-state index contributed by atoms with van der Waals surface area (Å²) in [6, 6.07) is 0.